The summed E-state index contributed by atoms with van der Waals surface area (Å²) in [5.41, 5.74) is 1.73. The third-order valence-corrected chi connectivity index (χ3v) is 4.10. The second kappa shape index (κ2) is 6.70. The van der Waals surface area contributed by atoms with Gasteiger partial charge in [0.2, 0.25) is 0 Å². The number of carbonyl (C=O) groups is 1. The van der Waals surface area contributed by atoms with E-state index in [1.807, 2.05) is 12.1 Å². The Balaban J connectivity index is 2.08. The molecule has 1 aliphatic rings. The maximum atomic E-state index is 11.5. The summed E-state index contributed by atoms with van der Waals surface area (Å²) in [6.07, 6.45) is 0.513. The third kappa shape index (κ3) is 3.81. The molecule has 1 aliphatic heterocycles. The van der Waals surface area contributed by atoms with Gasteiger partial charge in [-0.2, -0.15) is 0 Å². The van der Waals surface area contributed by atoms with E-state index in [4.69, 9.17) is 9.47 Å². The first-order valence-corrected chi connectivity index (χ1v) is 7.53. The maximum Gasteiger partial charge on any atom is 0.337 e. The molecule has 2 rings (SSSR count). The van der Waals surface area contributed by atoms with Crippen molar-refractivity contribution < 1.29 is 14.3 Å². The summed E-state index contributed by atoms with van der Waals surface area (Å²) in [5.74, 6) is -0.314. The van der Waals surface area contributed by atoms with Crippen LogP contribution in [-0.4, -0.2) is 43.3 Å². The monoisotopic (exact) mass is 341 g/mol. The van der Waals surface area contributed by atoms with Crippen LogP contribution in [-0.2, 0) is 16.0 Å². The second-order valence-corrected chi connectivity index (χ2v) is 6.10. The summed E-state index contributed by atoms with van der Waals surface area (Å²) in [6, 6.07) is 5.59. The first-order chi connectivity index (χ1) is 9.49. The molecule has 2 unspecified atom stereocenters. The van der Waals surface area contributed by atoms with Gasteiger partial charge in [-0.3, -0.25) is 4.90 Å². The van der Waals surface area contributed by atoms with Gasteiger partial charge in [-0.15, -0.1) is 0 Å². The molecule has 0 amide bonds. The van der Waals surface area contributed by atoms with Gasteiger partial charge < -0.3 is 9.47 Å². The lowest BCUT2D eigenvalue weighted by atomic mass is 10.1. The smallest absolute Gasteiger partial charge is 0.337 e. The van der Waals surface area contributed by atoms with E-state index >= 15 is 0 Å². The summed E-state index contributed by atoms with van der Waals surface area (Å²) in [4.78, 5) is 13.9. The lowest BCUT2D eigenvalue weighted by molar-refractivity contribution is -0.0705. The average Bonchev–Trinajstić information content (AvgIpc) is 2.39. The van der Waals surface area contributed by atoms with Crippen LogP contribution in [0, 0.1) is 0 Å². The Morgan fingerprint density at radius 2 is 2.05 bits per heavy atom. The van der Waals surface area contributed by atoms with Gasteiger partial charge in [0.05, 0.1) is 24.9 Å². The van der Waals surface area contributed by atoms with Crippen molar-refractivity contribution in [1.82, 2.24) is 4.90 Å². The van der Waals surface area contributed by atoms with Crippen molar-refractivity contribution in [2.24, 2.45) is 0 Å². The summed E-state index contributed by atoms with van der Waals surface area (Å²) in [5, 5.41) is 0. The minimum absolute atomic E-state index is 0.256. The molecule has 0 aliphatic carbocycles. The van der Waals surface area contributed by atoms with E-state index in [0.717, 1.165) is 24.1 Å². The zero-order chi connectivity index (χ0) is 14.7. The Kier molecular flexibility index (Phi) is 5.18. The minimum atomic E-state index is -0.314. The third-order valence-electron chi connectivity index (χ3n) is 3.36. The van der Waals surface area contributed by atoms with Crippen LogP contribution < -0.4 is 0 Å². The minimum Gasteiger partial charge on any atom is -0.465 e. The molecule has 0 bridgehead atoms. The highest BCUT2D eigenvalue weighted by atomic mass is 79.9. The van der Waals surface area contributed by atoms with Crippen molar-refractivity contribution in [3.05, 3.63) is 33.8 Å². The van der Waals surface area contributed by atoms with Crippen molar-refractivity contribution in [2.75, 3.05) is 20.2 Å². The fourth-order valence-electron chi connectivity index (χ4n) is 2.57. The van der Waals surface area contributed by atoms with E-state index in [-0.39, 0.29) is 18.2 Å². The Labute approximate surface area is 128 Å². The molecule has 1 fully saturated rings. The molecule has 0 saturated carbocycles. The molecule has 1 saturated heterocycles. The summed E-state index contributed by atoms with van der Waals surface area (Å²) >= 11 is 3.54. The van der Waals surface area contributed by atoms with Gasteiger partial charge in [0, 0.05) is 24.1 Å². The SMILES string of the molecule is COC(=O)c1ccc(CN2CC(C)OC(C)C2)c(Br)c1. The van der Waals surface area contributed by atoms with Gasteiger partial charge in [0.1, 0.15) is 0 Å². The van der Waals surface area contributed by atoms with E-state index in [1.165, 1.54) is 12.7 Å². The summed E-state index contributed by atoms with van der Waals surface area (Å²) in [6.45, 7) is 6.89. The highest BCUT2D eigenvalue weighted by Gasteiger charge is 2.22. The van der Waals surface area contributed by atoms with Crippen molar-refractivity contribution in [3.8, 4) is 0 Å². The molecule has 1 aromatic carbocycles. The molecule has 1 aromatic rings. The molecule has 0 radical (unpaired) electrons. The van der Waals surface area contributed by atoms with Crippen LogP contribution in [0.1, 0.15) is 29.8 Å². The van der Waals surface area contributed by atoms with E-state index in [0.29, 0.717) is 5.56 Å². The molecule has 0 spiro atoms. The number of carbonyl (C=O) groups excluding carboxylic acids is 1. The molecule has 20 heavy (non-hydrogen) atoms. The maximum absolute atomic E-state index is 11.5. The zero-order valence-electron chi connectivity index (χ0n) is 12.1. The Morgan fingerprint density at radius 3 is 2.60 bits per heavy atom. The number of hydrogen-bond donors (Lipinski definition) is 0. The van der Waals surface area contributed by atoms with Crippen LogP contribution in [0.15, 0.2) is 22.7 Å². The largest absolute Gasteiger partial charge is 0.465 e. The van der Waals surface area contributed by atoms with E-state index in [9.17, 15) is 4.79 Å². The molecule has 0 N–H and O–H groups in total. The van der Waals surface area contributed by atoms with E-state index in [2.05, 4.69) is 34.7 Å². The quantitative estimate of drug-likeness (QED) is 0.792. The molecule has 2 atom stereocenters. The Bertz CT molecular complexity index is 482. The predicted octanol–water partition coefficient (Wildman–Crippen LogP) is 2.84. The summed E-state index contributed by atoms with van der Waals surface area (Å²) in [7, 11) is 1.39. The number of benzene rings is 1. The average molecular weight is 342 g/mol. The second-order valence-electron chi connectivity index (χ2n) is 5.25. The van der Waals surface area contributed by atoms with Gasteiger partial charge in [-0.05, 0) is 31.5 Å². The van der Waals surface area contributed by atoms with Gasteiger partial charge in [0.25, 0.3) is 0 Å². The highest BCUT2D eigenvalue weighted by molar-refractivity contribution is 9.10. The van der Waals surface area contributed by atoms with Gasteiger partial charge in [0.15, 0.2) is 0 Å². The van der Waals surface area contributed by atoms with E-state index in [1.54, 1.807) is 6.07 Å². The molecular formula is C15H20BrNO3. The Hall–Kier alpha value is -0.910. The van der Waals surface area contributed by atoms with Crippen LogP contribution >= 0.6 is 15.9 Å². The van der Waals surface area contributed by atoms with Gasteiger partial charge >= 0.3 is 5.97 Å². The number of esters is 1. The number of nitrogens with zero attached hydrogens (tertiary/aromatic N) is 1. The number of morpholine rings is 1. The van der Waals surface area contributed by atoms with Crippen LogP contribution in [0.2, 0.25) is 0 Å². The first-order valence-electron chi connectivity index (χ1n) is 6.74. The molecule has 0 aromatic heterocycles. The van der Waals surface area contributed by atoms with Gasteiger partial charge in [-0.25, -0.2) is 4.79 Å². The topological polar surface area (TPSA) is 38.8 Å². The molecular weight excluding hydrogens is 322 g/mol. The highest BCUT2D eigenvalue weighted by Crippen LogP contribution is 2.22. The number of halogens is 1. The van der Waals surface area contributed by atoms with E-state index < -0.39 is 0 Å². The molecule has 110 valence electrons. The lowest BCUT2D eigenvalue weighted by Gasteiger charge is -2.35. The van der Waals surface area contributed by atoms with Crippen LogP contribution in [0.3, 0.4) is 0 Å². The fourth-order valence-corrected chi connectivity index (χ4v) is 3.08. The number of rotatable bonds is 3. The predicted molar refractivity (Wildman–Crippen MR) is 80.8 cm³/mol. The zero-order valence-corrected chi connectivity index (χ0v) is 13.6. The van der Waals surface area contributed by atoms with Crippen molar-refractivity contribution in [3.63, 3.8) is 0 Å². The standard InChI is InChI=1S/C15H20BrNO3/c1-10-7-17(8-11(2)20-10)9-13-5-4-12(6-14(13)16)15(18)19-3/h4-6,10-11H,7-9H2,1-3H3. The number of ether oxygens (including phenoxy) is 2. The Morgan fingerprint density at radius 1 is 1.40 bits per heavy atom. The first kappa shape index (κ1) is 15.5. The van der Waals surface area contributed by atoms with Crippen molar-refractivity contribution >= 4 is 21.9 Å². The van der Waals surface area contributed by atoms with Crippen LogP contribution in [0.5, 0.6) is 0 Å². The molecule has 1 heterocycles. The number of hydrogen-bond acceptors (Lipinski definition) is 4. The lowest BCUT2D eigenvalue weighted by Crippen LogP contribution is -2.44. The van der Waals surface area contributed by atoms with Crippen molar-refractivity contribution in [2.45, 2.75) is 32.6 Å². The summed E-state index contributed by atoms with van der Waals surface area (Å²) < 4.78 is 11.4. The molecule has 5 heteroatoms. The normalized spacial score (nSPS) is 23.6. The van der Waals surface area contributed by atoms with Crippen molar-refractivity contribution in [1.29, 1.82) is 0 Å². The number of methoxy groups -OCH3 is 1. The van der Waals surface area contributed by atoms with Gasteiger partial charge in [-0.1, -0.05) is 22.0 Å². The van der Waals surface area contributed by atoms with Crippen LogP contribution in [0.4, 0.5) is 0 Å². The van der Waals surface area contributed by atoms with Crippen LogP contribution in [0.25, 0.3) is 0 Å². The fraction of sp³-hybridized carbons (Fsp3) is 0.533. The molecule has 4 nitrogen and oxygen atoms in total.